The van der Waals surface area contributed by atoms with Crippen LogP contribution in [-0.2, 0) is 17.5 Å². The van der Waals surface area contributed by atoms with Gasteiger partial charge in [0, 0.05) is 12.5 Å². The molecule has 0 spiro atoms. The minimum atomic E-state index is -4.75. The van der Waals surface area contributed by atoms with Crippen LogP contribution in [-0.4, -0.2) is 22.3 Å². The molecule has 0 saturated heterocycles. The number of hydrogen-bond donors (Lipinski definition) is 1. The minimum Gasteiger partial charge on any atom is -0.432 e. The second kappa shape index (κ2) is 8.07. The number of aromatic nitrogens is 2. The molecule has 1 amide bonds. The maximum Gasteiger partial charge on any atom is 0.436 e. The van der Waals surface area contributed by atoms with Gasteiger partial charge in [-0.2, -0.15) is 27.1 Å². The summed E-state index contributed by atoms with van der Waals surface area (Å²) in [6, 6.07) is 2.60. The number of ether oxygens (including phenoxy) is 1. The molecule has 0 atom stereocenters. The van der Waals surface area contributed by atoms with E-state index >= 15 is 0 Å². The van der Waals surface area contributed by atoms with E-state index in [-0.39, 0.29) is 24.3 Å². The second-order valence-electron chi connectivity index (χ2n) is 5.29. The summed E-state index contributed by atoms with van der Waals surface area (Å²) in [5.41, 5.74) is -1.47. The van der Waals surface area contributed by atoms with Crippen LogP contribution in [0.3, 0.4) is 0 Å². The second-order valence-corrected chi connectivity index (χ2v) is 5.66. The number of aryl methyl sites for hydroxylation is 1. The zero-order chi connectivity index (χ0) is 20.4. The molecule has 12 heteroatoms. The van der Waals surface area contributed by atoms with Crippen molar-refractivity contribution < 1.29 is 35.9 Å². The molecule has 0 unspecified atom stereocenters. The summed E-state index contributed by atoms with van der Waals surface area (Å²) < 4.78 is 81.1. The monoisotopic (exact) mass is 415 g/mol. The Kier molecular flexibility index (Phi) is 6.24. The van der Waals surface area contributed by atoms with Crippen LogP contribution < -0.4 is 10.1 Å². The van der Waals surface area contributed by atoms with Crippen molar-refractivity contribution in [3.8, 4) is 5.75 Å². The number of carbonyl (C=O) groups is 1. The van der Waals surface area contributed by atoms with Gasteiger partial charge in [-0.15, -0.1) is 0 Å². The topological polar surface area (TPSA) is 56.2 Å². The first kappa shape index (κ1) is 20.9. The first-order valence-corrected chi connectivity index (χ1v) is 7.71. The molecule has 1 heterocycles. The van der Waals surface area contributed by atoms with E-state index in [1.165, 1.54) is 6.92 Å². The number of halogens is 7. The lowest BCUT2D eigenvalue weighted by Crippen LogP contribution is -2.17. The molecule has 0 bridgehead atoms. The lowest BCUT2D eigenvalue weighted by atomic mass is 10.2. The van der Waals surface area contributed by atoms with Gasteiger partial charge in [-0.3, -0.25) is 9.48 Å². The molecule has 0 fully saturated rings. The molecule has 148 valence electrons. The van der Waals surface area contributed by atoms with Crippen LogP contribution in [0.25, 0.3) is 0 Å². The number of hydrogen-bond acceptors (Lipinski definition) is 3. The van der Waals surface area contributed by atoms with Crippen LogP contribution in [0.15, 0.2) is 18.2 Å². The lowest BCUT2D eigenvalue weighted by Gasteiger charge is -2.12. The third kappa shape index (κ3) is 5.28. The Morgan fingerprint density at radius 1 is 1.37 bits per heavy atom. The van der Waals surface area contributed by atoms with Gasteiger partial charge in [0.1, 0.15) is 5.82 Å². The number of amides is 1. The van der Waals surface area contributed by atoms with E-state index in [0.29, 0.717) is 6.07 Å². The van der Waals surface area contributed by atoms with E-state index in [2.05, 4.69) is 15.2 Å². The molecule has 0 saturated carbocycles. The van der Waals surface area contributed by atoms with E-state index in [4.69, 9.17) is 11.6 Å². The van der Waals surface area contributed by atoms with Gasteiger partial charge in [-0.05, 0) is 19.1 Å². The van der Waals surface area contributed by atoms with Crippen LogP contribution in [0.1, 0.15) is 17.8 Å². The molecule has 0 aliphatic rings. The Hall–Kier alpha value is -2.43. The summed E-state index contributed by atoms with van der Waals surface area (Å²) in [6.45, 7) is -2.19. The SMILES string of the molecule is Cc1c(Cl)c(C(F)(F)F)nn1CCC(=O)Nc1ccc(F)cc1OC(F)F. The van der Waals surface area contributed by atoms with Crippen molar-refractivity contribution in [2.75, 3.05) is 5.32 Å². The Labute approximate surface area is 153 Å². The zero-order valence-electron chi connectivity index (χ0n) is 13.6. The molecule has 5 nitrogen and oxygen atoms in total. The van der Waals surface area contributed by atoms with E-state index in [0.717, 1.165) is 16.8 Å². The number of nitrogens with one attached hydrogen (secondary N) is 1. The van der Waals surface area contributed by atoms with E-state index < -0.39 is 41.0 Å². The predicted octanol–water partition coefficient (Wildman–Crippen LogP) is 4.63. The largest absolute Gasteiger partial charge is 0.436 e. The van der Waals surface area contributed by atoms with Crippen molar-refractivity contribution in [1.82, 2.24) is 9.78 Å². The van der Waals surface area contributed by atoms with Crippen molar-refractivity contribution in [3.63, 3.8) is 0 Å². The van der Waals surface area contributed by atoms with Crippen LogP contribution in [0.4, 0.5) is 32.0 Å². The molecule has 1 aromatic carbocycles. The van der Waals surface area contributed by atoms with Gasteiger partial charge < -0.3 is 10.1 Å². The maximum absolute atomic E-state index is 13.1. The van der Waals surface area contributed by atoms with Gasteiger partial charge in [-0.1, -0.05) is 11.6 Å². The Bertz CT molecular complexity index is 838. The number of carbonyl (C=O) groups excluding carboxylic acids is 1. The summed E-state index contributed by atoms with van der Waals surface area (Å²) in [5, 5.41) is 4.98. The summed E-state index contributed by atoms with van der Waals surface area (Å²) in [6.07, 6.45) is -5.09. The van der Waals surface area contributed by atoms with Crippen molar-refractivity contribution in [2.45, 2.75) is 32.7 Å². The summed E-state index contributed by atoms with van der Waals surface area (Å²) in [7, 11) is 0. The molecule has 27 heavy (non-hydrogen) atoms. The third-order valence-corrected chi connectivity index (χ3v) is 3.84. The van der Waals surface area contributed by atoms with E-state index in [1.807, 2.05) is 0 Å². The molecule has 0 aliphatic heterocycles. The number of benzene rings is 1. The van der Waals surface area contributed by atoms with Gasteiger partial charge in [0.05, 0.1) is 22.9 Å². The Balaban J connectivity index is 2.08. The summed E-state index contributed by atoms with van der Waals surface area (Å²) in [5.74, 6) is -2.18. The number of anilines is 1. The van der Waals surface area contributed by atoms with E-state index in [9.17, 15) is 31.1 Å². The minimum absolute atomic E-state index is 0.0142. The first-order valence-electron chi connectivity index (χ1n) is 7.33. The summed E-state index contributed by atoms with van der Waals surface area (Å²) >= 11 is 5.60. The highest BCUT2D eigenvalue weighted by Gasteiger charge is 2.38. The molecular weight excluding hydrogens is 404 g/mol. The smallest absolute Gasteiger partial charge is 0.432 e. The maximum atomic E-state index is 13.1. The quantitative estimate of drug-likeness (QED) is 0.700. The van der Waals surface area contributed by atoms with Gasteiger partial charge in [-0.25, -0.2) is 4.39 Å². The Morgan fingerprint density at radius 3 is 2.59 bits per heavy atom. The molecule has 2 rings (SSSR count). The molecular formula is C15H12ClF6N3O2. The third-order valence-electron chi connectivity index (χ3n) is 3.39. The normalized spacial score (nSPS) is 11.7. The van der Waals surface area contributed by atoms with Crippen LogP contribution in [0.2, 0.25) is 5.02 Å². The molecule has 2 aromatic rings. The Morgan fingerprint density at radius 2 is 2.04 bits per heavy atom. The number of alkyl halides is 5. The molecule has 1 N–H and O–H groups in total. The average Bonchev–Trinajstić information content (AvgIpc) is 2.83. The highest BCUT2D eigenvalue weighted by molar-refractivity contribution is 6.31. The van der Waals surface area contributed by atoms with Crippen LogP contribution in [0.5, 0.6) is 5.75 Å². The number of nitrogens with zero attached hydrogens (tertiary/aromatic N) is 2. The summed E-state index contributed by atoms with van der Waals surface area (Å²) in [4.78, 5) is 12.0. The highest BCUT2D eigenvalue weighted by Crippen LogP contribution is 2.35. The fourth-order valence-electron chi connectivity index (χ4n) is 2.14. The van der Waals surface area contributed by atoms with Crippen molar-refractivity contribution in [1.29, 1.82) is 0 Å². The zero-order valence-corrected chi connectivity index (χ0v) is 14.3. The average molecular weight is 416 g/mol. The standard InChI is InChI=1S/C15H12ClF6N3O2/c1-7-12(16)13(15(20,21)22)24-25(7)5-4-11(26)23-9-3-2-8(17)6-10(9)27-14(18)19/h2-3,6,14H,4-5H2,1H3,(H,23,26). The van der Waals surface area contributed by atoms with Gasteiger partial charge in [0.15, 0.2) is 11.4 Å². The van der Waals surface area contributed by atoms with Crippen molar-refractivity contribution in [2.24, 2.45) is 0 Å². The number of rotatable bonds is 6. The van der Waals surface area contributed by atoms with Crippen LogP contribution >= 0.6 is 11.6 Å². The van der Waals surface area contributed by atoms with Crippen molar-refractivity contribution >= 4 is 23.2 Å². The highest BCUT2D eigenvalue weighted by atomic mass is 35.5. The van der Waals surface area contributed by atoms with Gasteiger partial charge in [0.25, 0.3) is 0 Å². The first-order chi connectivity index (χ1) is 12.5. The van der Waals surface area contributed by atoms with Gasteiger partial charge >= 0.3 is 12.8 Å². The van der Waals surface area contributed by atoms with Crippen molar-refractivity contribution in [3.05, 3.63) is 40.4 Å². The van der Waals surface area contributed by atoms with E-state index in [1.54, 1.807) is 0 Å². The predicted molar refractivity (Wildman–Crippen MR) is 83.3 cm³/mol. The van der Waals surface area contributed by atoms with Crippen LogP contribution in [0, 0.1) is 12.7 Å². The molecule has 1 aromatic heterocycles. The molecule has 0 aliphatic carbocycles. The fourth-order valence-corrected chi connectivity index (χ4v) is 2.38. The molecule has 0 radical (unpaired) electrons. The lowest BCUT2D eigenvalue weighted by molar-refractivity contribution is -0.141. The van der Waals surface area contributed by atoms with Gasteiger partial charge in [0.2, 0.25) is 5.91 Å². The fraction of sp³-hybridized carbons (Fsp3) is 0.333.